The highest BCUT2D eigenvalue weighted by Crippen LogP contribution is 2.25. The maximum Gasteiger partial charge on any atom is 0.409 e. The van der Waals surface area contributed by atoms with Gasteiger partial charge in [-0.1, -0.05) is 12.1 Å². The maximum absolute atomic E-state index is 14.1. The van der Waals surface area contributed by atoms with Gasteiger partial charge in [0, 0.05) is 44.6 Å². The Morgan fingerprint density at radius 3 is 2.49 bits per heavy atom. The number of carbonyl (C=O) groups excluding carboxylic acids is 4. The van der Waals surface area contributed by atoms with E-state index in [1.807, 2.05) is 19.1 Å². The predicted octanol–water partition coefficient (Wildman–Crippen LogP) is 3.56. The Morgan fingerprint density at radius 2 is 1.84 bits per heavy atom. The minimum atomic E-state index is -1.06. The molecule has 1 saturated heterocycles. The number of nitrogens with one attached hydrogen (secondary N) is 1. The Hall–Kier alpha value is -3.93. The summed E-state index contributed by atoms with van der Waals surface area (Å²) in [5.74, 6) is -0.974. The van der Waals surface area contributed by atoms with Gasteiger partial charge in [0.05, 0.1) is 31.4 Å². The Morgan fingerprint density at radius 1 is 1.12 bits per heavy atom. The molecule has 0 spiro atoms. The molecule has 0 radical (unpaired) electrons. The number of carbonyl (C=O) groups is 4. The van der Waals surface area contributed by atoms with E-state index in [0.717, 1.165) is 5.39 Å². The first-order chi connectivity index (χ1) is 20.4. The quantitative estimate of drug-likeness (QED) is 0.384. The van der Waals surface area contributed by atoms with E-state index in [2.05, 4.69) is 10.3 Å². The van der Waals surface area contributed by atoms with Crippen LogP contribution >= 0.6 is 0 Å². The summed E-state index contributed by atoms with van der Waals surface area (Å²) in [6.07, 6.45) is -0.282. The van der Waals surface area contributed by atoms with Gasteiger partial charge in [0.2, 0.25) is 5.91 Å². The maximum atomic E-state index is 14.1. The highest BCUT2D eigenvalue weighted by Gasteiger charge is 2.37. The molecular weight excluding hydrogens is 556 g/mol. The lowest BCUT2D eigenvalue weighted by atomic mass is 10.0. The molecule has 3 amide bonds. The largest absolute Gasteiger partial charge is 0.496 e. The summed E-state index contributed by atoms with van der Waals surface area (Å²) in [7, 11) is 3.09. The second kappa shape index (κ2) is 15.0. The third-order valence-electron chi connectivity index (χ3n) is 7.09. The van der Waals surface area contributed by atoms with E-state index in [0.29, 0.717) is 17.7 Å². The van der Waals surface area contributed by atoms with Crippen LogP contribution in [-0.4, -0.2) is 103 Å². The van der Waals surface area contributed by atoms with Crippen LogP contribution in [-0.2, 0) is 23.8 Å². The zero-order valence-corrected chi connectivity index (χ0v) is 26.2. The molecule has 2 heterocycles. The lowest BCUT2D eigenvalue weighted by molar-refractivity contribution is -0.155. The normalized spacial score (nSPS) is 16.8. The van der Waals surface area contributed by atoms with Gasteiger partial charge in [0.1, 0.15) is 23.1 Å². The first-order valence-electron chi connectivity index (χ1n) is 14.6. The lowest BCUT2D eigenvalue weighted by Gasteiger charge is -2.43. The van der Waals surface area contributed by atoms with Gasteiger partial charge in [-0.05, 0) is 59.6 Å². The molecule has 2 aromatic rings. The molecule has 1 fully saturated rings. The Kier molecular flexibility index (Phi) is 11.7. The fourth-order valence-electron chi connectivity index (χ4n) is 4.98. The summed E-state index contributed by atoms with van der Waals surface area (Å²) in [5, 5.41) is 3.56. The van der Waals surface area contributed by atoms with Crippen molar-refractivity contribution in [3.8, 4) is 5.75 Å². The molecule has 236 valence electrons. The predicted molar refractivity (Wildman–Crippen MR) is 160 cm³/mol. The van der Waals surface area contributed by atoms with Crippen LogP contribution in [0.15, 0.2) is 30.3 Å². The summed E-state index contributed by atoms with van der Waals surface area (Å²) in [4.78, 5) is 60.5. The van der Waals surface area contributed by atoms with Crippen molar-refractivity contribution in [3.05, 3.63) is 36.0 Å². The van der Waals surface area contributed by atoms with Crippen LogP contribution in [0.2, 0.25) is 0 Å². The number of rotatable bonds is 11. The molecule has 0 aliphatic carbocycles. The first-order valence-corrected chi connectivity index (χ1v) is 14.6. The van der Waals surface area contributed by atoms with E-state index in [1.165, 1.54) is 13.2 Å². The number of ether oxygens (including phenoxy) is 4. The lowest BCUT2D eigenvalue weighted by Crippen LogP contribution is -2.61. The number of methoxy groups -OCH3 is 2. The van der Waals surface area contributed by atoms with Crippen LogP contribution in [0.3, 0.4) is 0 Å². The van der Waals surface area contributed by atoms with Gasteiger partial charge in [-0.25, -0.2) is 9.78 Å². The Labute approximate surface area is 253 Å². The number of para-hydroxylation sites is 1. The van der Waals surface area contributed by atoms with Crippen LogP contribution in [0.4, 0.5) is 4.79 Å². The molecule has 3 atom stereocenters. The number of amides is 3. The van der Waals surface area contributed by atoms with Gasteiger partial charge in [-0.2, -0.15) is 0 Å². The van der Waals surface area contributed by atoms with Crippen LogP contribution in [0.5, 0.6) is 5.75 Å². The third-order valence-corrected chi connectivity index (χ3v) is 7.09. The van der Waals surface area contributed by atoms with E-state index in [1.54, 1.807) is 56.7 Å². The minimum absolute atomic E-state index is 0.00877. The highest BCUT2D eigenvalue weighted by molar-refractivity contribution is 5.99. The number of hydrogen-bond donors (Lipinski definition) is 1. The van der Waals surface area contributed by atoms with Crippen molar-refractivity contribution in [1.29, 1.82) is 0 Å². The van der Waals surface area contributed by atoms with E-state index >= 15 is 0 Å². The van der Waals surface area contributed by atoms with E-state index in [4.69, 9.17) is 18.9 Å². The molecule has 1 aromatic carbocycles. The van der Waals surface area contributed by atoms with Crippen molar-refractivity contribution in [1.82, 2.24) is 20.1 Å². The van der Waals surface area contributed by atoms with E-state index < -0.39 is 35.7 Å². The van der Waals surface area contributed by atoms with Gasteiger partial charge >= 0.3 is 12.1 Å². The second-order valence-electron chi connectivity index (χ2n) is 11.5. The summed E-state index contributed by atoms with van der Waals surface area (Å²) >= 11 is 0. The van der Waals surface area contributed by atoms with Gasteiger partial charge < -0.3 is 34.1 Å². The monoisotopic (exact) mass is 600 g/mol. The number of esters is 1. The standard InChI is InChI=1S/C31H44N4O8/c1-8-42-30(39)34-15-16-35(21(19-34)17-20(2)40-6)29(38)24(13-14-27(36)43-31(3,4)5)33-28(37)25-18-26(41-7)22-11-9-10-12-23(22)32-25/h9-12,18,20-21,24H,8,13-17,19H2,1-7H3,(H,33,37). The van der Waals surface area contributed by atoms with Crippen molar-refractivity contribution in [2.45, 2.75) is 77.7 Å². The van der Waals surface area contributed by atoms with Gasteiger partial charge in [0.25, 0.3) is 5.91 Å². The fourth-order valence-corrected chi connectivity index (χ4v) is 4.98. The number of aromatic nitrogens is 1. The topological polar surface area (TPSA) is 137 Å². The highest BCUT2D eigenvalue weighted by atomic mass is 16.6. The van der Waals surface area contributed by atoms with Crippen molar-refractivity contribution < 1.29 is 38.1 Å². The number of fused-ring (bicyclic) bond motifs is 1. The van der Waals surface area contributed by atoms with Crippen LogP contribution in [0.25, 0.3) is 10.9 Å². The second-order valence-corrected chi connectivity index (χ2v) is 11.5. The molecule has 12 heteroatoms. The first kappa shape index (κ1) is 33.6. The number of piperazine rings is 1. The molecule has 1 aliphatic heterocycles. The van der Waals surface area contributed by atoms with E-state index in [9.17, 15) is 19.2 Å². The molecule has 12 nitrogen and oxygen atoms in total. The van der Waals surface area contributed by atoms with Crippen LogP contribution in [0.1, 0.15) is 64.4 Å². The van der Waals surface area contributed by atoms with Crippen LogP contribution < -0.4 is 10.1 Å². The van der Waals surface area contributed by atoms with Crippen molar-refractivity contribution in [3.63, 3.8) is 0 Å². The molecule has 1 aromatic heterocycles. The zero-order chi connectivity index (χ0) is 31.7. The zero-order valence-electron chi connectivity index (χ0n) is 26.2. The number of nitrogens with zero attached hydrogens (tertiary/aromatic N) is 3. The smallest absolute Gasteiger partial charge is 0.409 e. The van der Waals surface area contributed by atoms with Crippen molar-refractivity contribution in [2.75, 3.05) is 40.5 Å². The van der Waals surface area contributed by atoms with Gasteiger partial charge in [-0.3, -0.25) is 14.4 Å². The molecule has 1 N–H and O–H groups in total. The molecule has 0 saturated carbocycles. The number of benzene rings is 1. The fraction of sp³-hybridized carbons (Fsp3) is 0.581. The number of pyridine rings is 1. The van der Waals surface area contributed by atoms with Crippen molar-refractivity contribution in [2.24, 2.45) is 0 Å². The molecule has 3 rings (SSSR count). The summed E-state index contributed by atoms with van der Waals surface area (Å²) in [6.45, 7) is 9.87. The molecular formula is C31H44N4O8. The Bertz CT molecular complexity index is 1290. The Balaban J connectivity index is 1.89. The van der Waals surface area contributed by atoms with Gasteiger partial charge in [-0.15, -0.1) is 0 Å². The summed E-state index contributed by atoms with van der Waals surface area (Å²) < 4.78 is 21.6. The van der Waals surface area contributed by atoms with E-state index in [-0.39, 0.29) is 56.8 Å². The summed E-state index contributed by atoms with van der Waals surface area (Å²) in [6, 6.07) is 7.32. The molecule has 0 bridgehead atoms. The average molecular weight is 601 g/mol. The van der Waals surface area contributed by atoms with Gasteiger partial charge in [0.15, 0.2) is 0 Å². The molecule has 3 unspecified atom stereocenters. The third kappa shape index (κ3) is 9.28. The number of hydrogen-bond acceptors (Lipinski definition) is 9. The average Bonchev–Trinajstić information content (AvgIpc) is 2.97. The summed E-state index contributed by atoms with van der Waals surface area (Å²) in [5.41, 5.74) is -0.0643. The molecule has 1 aliphatic rings. The molecule has 43 heavy (non-hydrogen) atoms. The SMILES string of the molecule is CCOC(=O)N1CCN(C(=O)C(CCC(=O)OC(C)(C)C)NC(=O)c2cc(OC)c3ccccc3n2)C(CC(C)OC)C1. The van der Waals surface area contributed by atoms with Crippen LogP contribution in [0, 0.1) is 0 Å². The minimum Gasteiger partial charge on any atom is -0.496 e. The van der Waals surface area contributed by atoms with Crippen molar-refractivity contribution >= 4 is 34.8 Å².